The molecule has 2 atom stereocenters. The Hall–Kier alpha value is -2.79. The molecule has 0 bridgehead atoms. The summed E-state index contributed by atoms with van der Waals surface area (Å²) in [5.74, 6) is -2.17. The summed E-state index contributed by atoms with van der Waals surface area (Å²) in [7, 11) is -2.79. The highest BCUT2D eigenvalue weighted by molar-refractivity contribution is 7.94. The third-order valence-electron chi connectivity index (χ3n) is 4.42. The van der Waals surface area contributed by atoms with Gasteiger partial charge in [-0.25, -0.2) is 13.4 Å². The number of nitrogens with zero attached hydrogens (tertiary/aromatic N) is 2. The highest BCUT2D eigenvalue weighted by Crippen LogP contribution is 2.30. The summed E-state index contributed by atoms with van der Waals surface area (Å²) in [6, 6.07) is 4.13. The first-order valence-electron chi connectivity index (χ1n) is 8.35. The van der Waals surface area contributed by atoms with Crippen LogP contribution in [0.25, 0.3) is 5.57 Å². The molecule has 150 valence electrons. The van der Waals surface area contributed by atoms with Gasteiger partial charge in [-0.2, -0.15) is 4.36 Å². The average Bonchev–Trinajstić information content (AvgIpc) is 3.04. The van der Waals surface area contributed by atoms with Crippen molar-refractivity contribution in [2.75, 3.05) is 29.6 Å². The minimum Gasteiger partial charge on any atom is -0.434 e. The van der Waals surface area contributed by atoms with Crippen LogP contribution in [0.5, 0.6) is 0 Å². The molecule has 3 rings (SSSR count). The molecule has 0 aromatic heterocycles. The minimum absolute atomic E-state index is 0.0198. The summed E-state index contributed by atoms with van der Waals surface area (Å²) in [5.41, 5.74) is 6.22. The first-order valence-corrected chi connectivity index (χ1v) is 10.2. The second kappa shape index (κ2) is 7.68. The van der Waals surface area contributed by atoms with Crippen LogP contribution in [0.4, 0.5) is 14.9 Å². The lowest BCUT2D eigenvalue weighted by Crippen LogP contribution is -2.32. The summed E-state index contributed by atoms with van der Waals surface area (Å²) in [6.45, 7) is -0.905. The molecule has 0 radical (unpaired) electrons. The van der Waals surface area contributed by atoms with Crippen molar-refractivity contribution in [3.63, 3.8) is 0 Å². The Kier molecular flexibility index (Phi) is 5.47. The SMILES string of the molecule is NC(=O)[C@H]1CN(c2ccc(C3=CCS(=O)(=NC(=O)CO)CC3)c(F)c2)C(=O)O1. The zero-order valence-corrected chi connectivity index (χ0v) is 15.5. The van der Waals surface area contributed by atoms with Gasteiger partial charge >= 0.3 is 6.09 Å². The van der Waals surface area contributed by atoms with E-state index in [0.29, 0.717) is 5.57 Å². The number of carbonyl (C=O) groups excluding carboxylic acids is 3. The third-order valence-corrected chi connectivity index (χ3v) is 6.49. The number of amides is 3. The first-order chi connectivity index (χ1) is 13.2. The van der Waals surface area contributed by atoms with E-state index >= 15 is 0 Å². The lowest BCUT2D eigenvalue weighted by atomic mass is 10.0. The van der Waals surface area contributed by atoms with E-state index in [2.05, 4.69) is 4.36 Å². The Morgan fingerprint density at radius 1 is 1.43 bits per heavy atom. The van der Waals surface area contributed by atoms with Crippen molar-refractivity contribution in [1.29, 1.82) is 0 Å². The van der Waals surface area contributed by atoms with Crippen LogP contribution in [0.15, 0.2) is 28.6 Å². The van der Waals surface area contributed by atoms with Gasteiger partial charge < -0.3 is 15.6 Å². The van der Waals surface area contributed by atoms with Gasteiger partial charge in [0, 0.05) is 11.3 Å². The van der Waals surface area contributed by atoms with Crippen LogP contribution in [-0.2, 0) is 24.1 Å². The maximum absolute atomic E-state index is 14.6. The van der Waals surface area contributed by atoms with Gasteiger partial charge in [0.25, 0.3) is 11.8 Å². The number of halogens is 1. The lowest BCUT2D eigenvalue weighted by molar-refractivity contribution is -0.124. The van der Waals surface area contributed by atoms with E-state index in [1.807, 2.05) is 0 Å². The van der Waals surface area contributed by atoms with Gasteiger partial charge in [0.05, 0.1) is 27.7 Å². The van der Waals surface area contributed by atoms with Gasteiger partial charge in [0.2, 0.25) is 0 Å². The zero-order chi connectivity index (χ0) is 20.5. The third kappa shape index (κ3) is 4.04. The normalized spacial score (nSPS) is 24.5. The van der Waals surface area contributed by atoms with Crippen molar-refractivity contribution >= 4 is 38.9 Å². The Morgan fingerprint density at radius 2 is 2.18 bits per heavy atom. The molecule has 0 aliphatic carbocycles. The Bertz CT molecular complexity index is 999. The fourth-order valence-corrected chi connectivity index (χ4v) is 4.74. The molecule has 1 aromatic rings. The maximum Gasteiger partial charge on any atom is 0.415 e. The van der Waals surface area contributed by atoms with E-state index < -0.39 is 46.2 Å². The molecule has 1 aromatic carbocycles. The molecule has 1 fully saturated rings. The number of benzene rings is 1. The number of cyclic esters (lactones) is 1. The Morgan fingerprint density at radius 3 is 2.71 bits per heavy atom. The van der Waals surface area contributed by atoms with Gasteiger partial charge in [-0.3, -0.25) is 14.5 Å². The van der Waals surface area contributed by atoms with Crippen molar-refractivity contribution in [1.82, 2.24) is 0 Å². The van der Waals surface area contributed by atoms with Crippen LogP contribution < -0.4 is 10.6 Å². The standard InChI is InChI=1S/C17H18FN3O6S/c18-13-7-11(21-8-14(16(19)24)27-17(21)25)1-2-12(13)10-3-5-28(26,6-4-10)20-15(23)9-22/h1-3,7,14,22H,4-6,8-9H2,(H2,19,24)/t14-,28?/m1/s1. The molecular formula is C17H18FN3O6S. The summed E-state index contributed by atoms with van der Waals surface area (Å²) in [4.78, 5) is 35.3. The number of aliphatic hydroxyl groups excluding tert-OH is 1. The van der Waals surface area contributed by atoms with Gasteiger partial charge in [-0.1, -0.05) is 6.08 Å². The Balaban J connectivity index is 1.81. The van der Waals surface area contributed by atoms with Crippen LogP contribution in [-0.4, -0.2) is 58.0 Å². The van der Waals surface area contributed by atoms with E-state index in [0.717, 1.165) is 11.0 Å². The smallest absolute Gasteiger partial charge is 0.415 e. The molecule has 3 N–H and O–H groups in total. The van der Waals surface area contributed by atoms with Crippen LogP contribution >= 0.6 is 0 Å². The second-order valence-electron chi connectivity index (χ2n) is 6.32. The van der Waals surface area contributed by atoms with Crippen molar-refractivity contribution in [3.05, 3.63) is 35.7 Å². The number of allylic oxidation sites excluding steroid dienone is 1. The van der Waals surface area contributed by atoms with Crippen molar-refractivity contribution in [3.8, 4) is 0 Å². The van der Waals surface area contributed by atoms with Gasteiger partial charge in [-0.15, -0.1) is 0 Å². The number of hydrogen-bond acceptors (Lipinski definition) is 6. The zero-order valence-electron chi connectivity index (χ0n) is 14.7. The van der Waals surface area contributed by atoms with Crippen molar-refractivity contribution < 1.29 is 32.8 Å². The predicted molar refractivity (Wildman–Crippen MR) is 98.2 cm³/mol. The molecule has 2 aliphatic heterocycles. The van der Waals surface area contributed by atoms with Crippen LogP contribution in [0.1, 0.15) is 12.0 Å². The van der Waals surface area contributed by atoms with Crippen LogP contribution in [0, 0.1) is 5.82 Å². The summed E-state index contributed by atoms with van der Waals surface area (Å²) >= 11 is 0. The van der Waals surface area contributed by atoms with E-state index in [1.54, 1.807) is 6.08 Å². The minimum atomic E-state index is -2.79. The Labute approximate surface area is 160 Å². The van der Waals surface area contributed by atoms with Gasteiger partial charge in [0.15, 0.2) is 6.10 Å². The van der Waals surface area contributed by atoms with E-state index in [1.165, 1.54) is 12.1 Å². The molecule has 0 saturated carbocycles. The van der Waals surface area contributed by atoms with Gasteiger partial charge in [-0.05, 0) is 30.2 Å². The van der Waals surface area contributed by atoms with Gasteiger partial charge in [0.1, 0.15) is 12.4 Å². The average molecular weight is 411 g/mol. The number of anilines is 1. The molecule has 3 amide bonds. The molecule has 1 unspecified atom stereocenters. The molecule has 28 heavy (non-hydrogen) atoms. The molecular weight excluding hydrogens is 393 g/mol. The van der Waals surface area contributed by atoms with Crippen molar-refractivity contribution in [2.24, 2.45) is 10.1 Å². The van der Waals surface area contributed by atoms with E-state index in [9.17, 15) is 23.0 Å². The molecule has 1 saturated heterocycles. The van der Waals surface area contributed by atoms with Crippen LogP contribution in [0.3, 0.4) is 0 Å². The topological polar surface area (TPSA) is 139 Å². The monoisotopic (exact) mass is 411 g/mol. The number of aliphatic hydroxyl groups is 1. The molecule has 11 heteroatoms. The second-order valence-corrected chi connectivity index (χ2v) is 8.78. The first kappa shape index (κ1) is 20.0. The van der Waals surface area contributed by atoms with E-state index in [-0.39, 0.29) is 35.7 Å². The molecule has 2 aliphatic rings. The van der Waals surface area contributed by atoms with Crippen molar-refractivity contribution in [2.45, 2.75) is 12.5 Å². The summed E-state index contributed by atoms with van der Waals surface area (Å²) in [6.07, 6.45) is -0.0736. The highest BCUT2D eigenvalue weighted by atomic mass is 32.2. The largest absolute Gasteiger partial charge is 0.434 e. The molecule has 2 heterocycles. The molecule has 9 nitrogen and oxygen atoms in total. The number of rotatable bonds is 4. The maximum atomic E-state index is 14.6. The fraction of sp³-hybridized carbons (Fsp3) is 0.353. The number of hydrogen-bond donors (Lipinski definition) is 2. The van der Waals surface area contributed by atoms with Crippen LogP contribution in [0.2, 0.25) is 0 Å². The molecule has 0 spiro atoms. The predicted octanol–water partition coefficient (Wildman–Crippen LogP) is 0.410. The number of ether oxygens (including phenoxy) is 1. The lowest BCUT2D eigenvalue weighted by Gasteiger charge is -2.19. The number of nitrogens with two attached hydrogens (primary N) is 1. The summed E-state index contributed by atoms with van der Waals surface area (Å²) in [5, 5.41) is 8.73. The fourth-order valence-electron chi connectivity index (χ4n) is 2.98. The van der Waals surface area contributed by atoms with E-state index in [4.69, 9.17) is 15.6 Å². The number of primary amides is 1. The quantitative estimate of drug-likeness (QED) is 0.736. The number of carbonyl (C=O) groups is 3. The highest BCUT2D eigenvalue weighted by Gasteiger charge is 2.36. The summed E-state index contributed by atoms with van der Waals surface area (Å²) < 4.78 is 35.5.